The van der Waals surface area contributed by atoms with Gasteiger partial charge >= 0.3 is 5.97 Å². The van der Waals surface area contributed by atoms with E-state index in [2.05, 4.69) is 6.92 Å². The monoisotopic (exact) mass is 279 g/mol. The number of carbonyl (C=O) groups is 1. The number of hydrogen-bond donors (Lipinski definition) is 2. The van der Waals surface area contributed by atoms with Gasteiger partial charge in [-0.1, -0.05) is 70.1 Å². The zero-order valence-corrected chi connectivity index (χ0v) is 12.7. The maximum absolute atomic E-state index is 10.2. The van der Waals surface area contributed by atoms with E-state index in [-0.39, 0.29) is 0 Å². The molecule has 0 bridgehead atoms. The van der Waals surface area contributed by atoms with Crippen LogP contribution in [0, 0.1) is 0 Å². The zero-order valence-electron chi connectivity index (χ0n) is 12.7. The average molecular weight is 279 g/mol. The van der Waals surface area contributed by atoms with Gasteiger partial charge in [0.05, 0.1) is 0 Å². The van der Waals surface area contributed by atoms with Gasteiger partial charge in [-0.25, -0.2) is 0 Å². The van der Waals surface area contributed by atoms with Crippen LogP contribution in [-0.4, -0.2) is 11.1 Å². The first kappa shape index (κ1) is 18.5. The van der Waals surface area contributed by atoms with Crippen LogP contribution in [0.4, 0.5) is 5.69 Å². The summed E-state index contributed by atoms with van der Waals surface area (Å²) >= 11 is 0. The molecule has 0 aliphatic carbocycles. The van der Waals surface area contributed by atoms with Gasteiger partial charge in [-0.05, 0) is 18.6 Å². The summed E-state index contributed by atoms with van der Waals surface area (Å²) in [6.45, 7) is 2.22. The lowest BCUT2D eigenvalue weighted by Gasteiger charge is -1.99. The molecule has 0 atom stereocenters. The molecule has 3 N–H and O–H groups in total. The van der Waals surface area contributed by atoms with E-state index in [1.54, 1.807) is 0 Å². The molecule has 1 rings (SSSR count). The van der Waals surface area contributed by atoms with Gasteiger partial charge in [0.1, 0.15) is 0 Å². The number of benzene rings is 1. The summed E-state index contributed by atoms with van der Waals surface area (Å²) in [6, 6.07) is 9.49. The fraction of sp³-hybridized carbons (Fsp3) is 0.588. The molecule has 0 aliphatic heterocycles. The van der Waals surface area contributed by atoms with Gasteiger partial charge in [0.25, 0.3) is 0 Å². The molecule has 20 heavy (non-hydrogen) atoms. The van der Waals surface area contributed by atoms with Gasteiger partial charge in [0, 0.05) is 12.1 Å². The lowest BCUT2D eigenvalue weighted by atomic mass is 10.1. The van der Waals surface area contributed by atoms with Crippen LogP contribution < -0.4 is 5.73 Å². The smallest absolute Gasteiger partial charge is 0.303 e. The molecule has 0 radical (unpaired) electrons. The number of carboxylic acids is 1. The molecule has 114 valence electrons. The summed E-state index contributed by atoms with van der Waals surface area (Å²) in [6.07, 6.45) is 10.1. The van der Waals surface area contributed by atoms with Crippen LogP contribution in [0.1, 0.15) is 64.7 Å². The first-order chi connectivity index (χ1) is 9.66. The maximum atomic E-state index is 10.2. The Hall–Kier alpha value is -1.51. The van der Waals surface area contributed by atoms with Crippen molar-refractivity contribution in [2.24, 2.45) is 0 Å². The number of para-hydroxylation sites is 1. The summed E-state index contributed by atoms with van der Waals surface area (Å²) in [5.74, 6) is -0.661. The van der Waals surface area contributed by atoms with E-state index in [1.165, 1.54) is 38.5 Å². The van der Waals surface area contributed by atoms with Crippen LogP contribution >= 0.6 is 0 Å². The Labute approximate surface area is 123 Å². The fourth-order valence-electron chi connectivity index (χ4n) is 1.86. The second-order valence-electron chi connectivity index (χ2n) is 5.03. The highest BCUT2D eigenvalue weighted by Gasteiger charge is 1.95. The van der Waals surface area contributed by atoms with E-state index in [0.29, 0.717) is 6.42 Å². The molecular weight excluding hydrogens is 250 g/mol. The van der Waals surface area contributed by atoms with Crippen molar-refractivity contribution < 1.29 is 9.90 Å². The molecule has 0 aliphatic rings. The number of rotatable bonds is 9. The molecule has 0 saturated carbocycles. The van der Waals surface area contributed by atoms with Crippen LogP contribution in [0.25, 0.3) is 0 Å². The lowest BCUT2D eigenvalue weighted by molar-refractivity contribution is -0.137. The van der Waals surface area contributed by atoms with E-state index in [9.17, 15) is 4.79 Å². The van der Waals surface area contributed by atoms with Crippen molar-refractivity contribution in [2.75, 3.05) is 5.73 Å². The molecule has 0 amide bonds. The van der Waals surface area contributed by atoms with E-state index in [1.807, 2.05) is 30.3 Å². The standard InChI is InChI=1S/C11H22O2.C6H7N/c1-2-3-4-5-6-7-8-9-10-11(12)13;7-6-4-2-1-3-5-6/h2-10H2,1H3,(H,12,13);1-5H,7H2. The summed E-state index contributed by atoms with van der Waals surface area (Å²) in [5, 5.41) is 8.39. The molecule has 0 fully saturated rings. The summed E-state index contributed by atoms with van der Waals surface area (Å²) < 4.78 is 0. The van der Waals surface area contributed by atoms with Crippen LogP contribution in [0.3, 0.4) is 0 Å². The Bertz CT molecular complexity index is 325. The van der Waals surface area contributed by atoms with Crippen molar-refractivity contribution in [3.63, 3.8) is 0 Å². The molecule has 0 spiro atoms. The molecule has 3 heteroatoms. The van der Waals surface area contributed by atoms with Gasteiger partial charge in [0.2, 0.25) is 0 Å². The summed E-state index contributed by atoms with van der Waals surface area (Å²) in [7, 11) is 0. The number of nitrogens with two attached hydrogens (primary N) is 1. The van der Waals surface area contributed by atoms with E-state index < -0.39 is 5.97 Å². The highest BCUT2D eigenvalue weighted by molar-refractivity contribution is 5.66. The van der Waals surface area contributed by atoms with Crippen LogP contribution in [0.15, 0.2) is 30.3 Å². The number of hydrogen-bond acceptors (Lipinski definition) is 2. The molecular formula is C17H29NO2. The predicted octanol–water partition coefficient (Wildman–Crippen LogP) is 4.87. The Kier molecular flexibility index (Phi) is 12.9. The molecule has 0 aromatic heterocycles. The Morgan fingerprint density at radius 3 is 1.85 bits per heavy atom. The molecule has 0 heterocycles. The van der Waals surface area contributed by atoms with Crippen molar-refractivity contribution in [3.05, 3.63) is 30.3 Å². The minimum Gasteiger partial charge on any atom is -0.481 e. The van der Waals surface area contributed by atoms with E-state index in [4.69, 9.17) is 10.8 Å². The van der Waals surface area contributed by atoms with Crippen molar-refractivity contribution in [1.29, 1.82) is 0 Å². The largest absolute Gasteiger partial charge is 0.481 e. The van der Waals surface area contributed by atoms with Gasteiger partial charge in [-0.3, -0.25) is 4.79 Å². The Morgan fingerprint density at radius 2 is 1.45 bits per heavy atom. The summed E-state index contributed by atoms with van der Waals surface area (Å²) in [5.41, 5.74) is 6.18. The van der Waals surface area contributed by atoms with Crippen LogP contribution in [-0.2, 0) is 4.79 Å². The van der Waals surface area contributed by atoms with Gasteiger partial charge < -0.3 is 10.8 Å². The molecule has 0 unspecified atom stereocenters. The number of unbranched alkanes of at least 4 members (excludes halogenated alkanes) is 7. The Morgan fingerprint density at radius 1 is 0.950 bits per heavy atom. The third kappa shape index (κ3) is 14.6. The average Bonchev–Trinajstić information content (AvgIpc) is 2.43. The minimum absolute atomic E-state index is 0.342. The lowest BCUT2D eigenvalue weighted by Crippen LogP contribution is -1.93. The molecule has 3 nitrogen and oxygen atoms in total. The van der Waals surface area contributed by atoms with Crippen molar-refractivity contribution >= 4 is 11.7 Å². The van der Waals surface area contributed by atoms with E-state index in [0.717, 1.165) is 18.5 Å². The quantitative estimate of drug-likeness (QED) is 0.500. The number of anilines is 1. The summed E-state index contributed by atoms with van der Waals surface area (Å²) in [4.78, 5) is 10.2. The van der Waals surface area contributed by atoms with E-state index >= 15 is 0 Å². The highest BCUT2D eigenvalue weighted by Crippen LogP contribution is 2.09. The van der Waals surface area contributed by atoms with Crippen LogP contribution in [0.5, 0.6) is 0 Å². The first-order valence-electron chi connectivity index (χ1n) is 7.69. The van der Waals surface area contributed by atoms with Gasteiger partial charge in [-0.15, -0.1) is 0 Å². The fourth-order valence-corrected chi connectivity index (χ4v) is 1.86. The van der Waals surface area contributed by atoms with Crippen molar-refractivity contribution in [3.8, 4) is 0 Å². The minimum atomic E-state index is -0.661. The zero-order chi connectivity index (χ0) is 15.1. The number of aliphatic carboxylic acids is 1. The highest BCUT2D eigenvalue weighted by atomic mass is 16.4. The molecule has 1 aromatic rings. The third-order valence-electron chi connectivity index (χ3n) is 3.04. The number of carboxylic acid groups (broad SMARTS) is 1. The van der Waals surface area contributed by atoms with Gasteiger partial charge in [-0.2, -0.15) is 0 Å². The third-order valence-corrected chi connectivity index (χ3v) is 3.04. The first-order valence-corrected chi connectivity index (χ1v) is 7.69. The predicted molar refractivity (Wildman–Crippen MR) is 85.7 cm³/mol. The van der Waals surface area contributed by atoms with Gasteiger partial charge in [0.15, 0.2) is 0 Å². The van der Waals surface area contributed by atoms with Crippen molar-refractivity contribution in [2.45, 2.75) is 64.7 Å². The number of nitrogen functional groups attached to an aromatic ring is 1. The van der Waals surface area contributed by atoms with Crippen LogP contribution in [0.2, 0.25) is 0 Å². The molecule has 1 aromatic carbocycles. The SMILES string of the molecule is CCCCCCCCCCC(=O)O.Nc1ccccc1. The van der Waals surface area contributed by atoms with Crippen molar-refractivity contribution in [1.82, 2.24) is 0 Å². The maximum Gasteiger partial charge on any atom is 0.303 e. The second kappa shape index (κ2) is 13.9. The normalized spacial score (nSPS) is 9.65. The topological polar surface area (TPSA) is 63.3 Å². The molecule has 0 saturated heterocycles. The Balaban J connectivity index is 0.000000428. The second-order valence-corrected chi connectivity index (χ2v) is 5.03.